The summed E-state index contributed by atoms with van der Waals surface area (Å²) < 4.78 is 0.185. The predicted molar refractivity (Wildman–Crippen MR) is 84.5 cm³/mol. The van der Waals surface area contributed by atoms with Gasteiger partial charge in [-0.3, -0.25) is 4.79 Å². The lowest BCUT2D eigenvalue weighted by Gasteiger charge is -2.34. The molecule has 19 heavy (non-hydrogen) atoms. The first-order chi connectivity index (χ1) is 8.99. The van der Waals surface area contributed by atoms with Crippen molar-refractivity contribution in [3.05, 3.63) is 0 Å². The van der Waals surface area contributed by atoms with E-state index in [1.807, 2.05) is 11.8 Å². The number of hydrogen-bond donors (Lipinski definition) is 2. The lowest BCUT2D eigenvalue weighted by atomic mass is 9.80. The second-order valence-electron chi connectivity index (χ2n) is 5.97. The van der Waals surface area contributed by atoms with E-state index in [0.717, 1.165) is 32.2 Å². The first-order valence-corrected chi connectivity index (χ1v) is 8.82. The van der Waals surface area contributed by atoms with E-state index in [4.69, 9.17) is 5.73 Å². The Hall–Kier alpha value is -0.220. The third kappa shape index (κ3) is 4.99. The van der Waals surface area contributed by atoms with Crippen LogP contribution in [-0.4, -0.2) is 29.0 Å². The monoisotopic (exact) mass is 286 g/mol. The van der Waals surface area contributed by atoms with E-state index in [9.17, 15) is 4.79 Å². The fourth-order valence-electron chi connectivity index (χ4n) is 2.94. The van der Waals surface area contributed by atoms with Gasteiger partial charge in [0.1, 0.15) is 0 Å². The van der Waals surface area contributed by atoms with Crippen LogP contribution in [0.4, 0.5) is 0 Å². The number of rotatable bonds is 7. The lowest BCUT2D eigenvalue weighted by molar-refractivity contribution is -0.122. The summed E-state index contributed by atoms with van der Waals surface area (Å²) >= 11 is 1.86. The topological polar surface area (TPSA) is 55.1 Å². The summed E-state index contributed by atoms with van der Waals surface area (Å²) in [7, 11) is 0. The average Bonchev–Trinajstić information content (AvgIpc) is 2.41. The van der Waals surface area contributed by atoms with Gasteiger partial charge in [-0.15, -0.1) is 0 Å². The molecule has 112 valence electrons. The Morgan fingerprint density at radius 3 is 2.32 bits per heavy atom. The molecule has 1 rings (SSSR count). The lowest BCUT2D eigenvalue weighted by Crippen LogP contribution is -2.48. The fraction of sp³-hybridized carbons (Fsp3) is 0.933. The maximum atomic E-state index is 12.1. The summed E-state index contributed by atoms with van der Waals surface area (Å²) in [6.07, 6.45) is 10.4. The van der Waals surface area contributed by atoms with Gasteiger partial charge >= 0.3 is 0 Å². The van der Waals surface area contributed by atoms with Gasteiger partial charge in [-0.2, -0.15) is 11.8 Å². The molecule has 0 spiro atoms. The quantitative estimate of drug-likeness (QED) is 0.756. The van der Waals surface area contributed by atoms with Crippen molar-refractivity contribution >= 4 is 17.7 Å². The van der Waals surface area contributed by atoms with Gasteiger partial charge in [0.2, 0.25) is 5.91 Å². The molecular weight excluding hydrogens is 256 g/mol. The summed E-state index contributed by atoms with van der Waals surface area (Å²) in [6.45, 7) is 5.14. The molecule has 4 heteroatoms. The van der Waals surface area contributed by atoms with Gasteiger partial charge in [0.05, 0.1) is 0 Å². The summed E-state index contributed by atoms with van der Waals surface area (Å²) in [5.74, 6) is 0.129. The van der Waals surface area contributed by atoms with Crippen LogP contribution < -0.4 is 11.1 Å². The summed E-state index contributed by atoms with van der Waals surface area (Å²) in [4.78, 5) is 12.1. The predicted octanol–water partition coefficient (Wildman–Crippen LogP) is 3.08. The number of carbonyl (C=O) groups is 1. The molecule has 0 heterocycles. The van der Waals surface area contributed by atoms with Crippen LogP contribution in [0.3, 0.4) is 0 Å². The second kappa shape index (κ2) is 7.53. The Kier molecular flexibility index (Phi) is 6.67. The van der Waals surface area contributed by atoms with Gasteiger partial charge < -0.3 is 11.1 Å². The Morgan fingerprint density at radius 1 is 1.26 bits per heavy atom. The Morgan fingerprint density at radius 2 is 1.84 bits per heavy atom. The zero-order valence-electron chi connectivity index (χ0n) is 12.8. The third-order valence-electron chi connectivity index (χ3n) is 4.69. The van der Waals surface area contributed by atoms with Crippen molar-refractivity contribution in [2.24, 2.45) is 5.73 Å². The number of hydrogen-bond acceptors (Lipinski definition) is 3. The SMILES string of the molecule is CCC(CC)(CNC(=O)CC1(N)CCCCC1)SC. The maximum Gasteiger partial charge on any atom is 0.221 e. The summed E-state index contributed by atoms with van der Waals surface area (Å²) in [5.41, 5.74) is 6.08. The van der Waals surface area contributed by atoms with Gasteiger partial charge in [-0.25, -0.2) is 0 Å². The van der Waals surface area contributed by atoms with E-state index < -0.39 is 0 Å². The van der Waals surface area contributed by atoms with E-state index in [1.54, 1.807) is 0 Å². The van der Waals surface area contributed by atoms with Crippen LogP contribution in [0.25, 0.3) is 0 Å². The third-order valence-corrected chi connectivity index (χ3v) is 6.28. The zero-order chi connectivity index (χ0) is 14.4. The molecule has 1 fully saturated rings. The van der Waals surface area contributed by atoms with Crippen molar-refractivity contribution in [2.45, 2.75) is 75.5 Å². The van der Waals surface area contributed by atoms with Crippen molar-refractivity contribution in [2.75, 3.05) is 12.8 Å². The largest absolute Gasteiger partial charge is 0.355 e. The first-order valence-electron chi connectivity index (χ1n) is 7.60. The van der Waals surface area contributed by atoms with Gasteiger partial charge in [0.15, 0.2) is 0 Å². The molecular formula is C15H30N2OS. The molecule has 0 unspecified atom stereocenters. The molecule has 0 aliphatic heterocycles. The summed E-state index contributed by atoms with van der Waals surface area (Å²) in [5, 5.41) is 3.11. The number of nitrogens with one attached hydrogen (secondary N) is 1. The van der Waals surface area contributed by atoms with Crippen LogP contribution in [-0.2, 0) is 4.79 Å². The normalized spacial score (nSPS) is 19.2. The van der Waals surface area contributed by atoms with Gasteiger partial charge in [0.25, 0.3) is 0 Å². The highest BCUT2D eigenvalue weighted by atomic mass is 32.2. The molecule has 1 aliphatic rings. The van der Waals surface area contributed by atoms with E-state index in [-0.39, 0.29) is 16.2 Å². The van der Waals surface area contributed by atoms with Crippen LogP contribution in [0.2, 0.25) is 0 Å². The van der Waals surface area contributed by atoms with Crippen molar-refractivity contribution in [1.29, 1.82) is 0 Å². The molecule has 3 N–H and O–H groups in total. The van der Waals surface area contributed by atoms with Gasteiger partial charge in [-0.1, -0.05) is 33.1 Å². The molecule has 1 aliphatic carbocycles. The van der Waals surface area contributed by atoms with E-state index >= 15 is 0 Å². The van der Waals surface area contributed by atoms with Crippen molar-refractivity contribution in [3.8, 4) is 0 Å². The zero-order valence-corrected chi connectivity index (χ0v) is 13.6. The molecule has 1 amide bonds. The molecule has 0 aromatic carbocycles. The first kappa shape index (κ1) is 16.8. The molecule has 0 aromatic rings. The Balaban J connectivity index is 2.42. The minimum atomic E-state index is -0.247. The van der Waals surface area contributed by atoms with Gasteiger partial charge in [-0.05, 0) is 31.9 Å². The Labute approximate surface area is 122 Å². The second-order valence-corrected chi connectivity index (χ2v) is 7.25. The van der Waals surface area contributed by atoms with Crippen LogP contribution in [0.5, 0.6) is 0 Å². The number of carbonyl (C=O) groups excluding carboxylic acids is 1. The highest BCUT2D eigenvalue weighted by molar-refractivity contribution is 8.00. The van der Waals surface area contributed by atoms with Crippen molar-refractivity contribution in [3.63, 3.8) is 0 Å². The smallest absolute Gasteiger partial charge is 0.221 e. The highest BCUT2D eigenvalue weighted by Gasteiger charge is 2.31. The van der Waals surface area contributed by atoms with E-state index in [2.05, 4.69) is 25.4 Å². The maximum absolute atomic E-state index is 12.1. The van der Waals surface area contributed by atoms with E-state index in [1.165, 1.54) is 19.3 Å². The number of amides is 1. The molecule has 0 aromatic heterocycles. The minimum Gasteiger partial charge on any atom is -0.355 e. The van der Waals surface area contributed by atoms with Gasteiger partial charge in [0, 0.05) is 23.3 Å². The molecule has 0 atom stereocenters. The van der Waals surface area contributed by atoms with Crippen LogP contribution >= 0.6 is 11.8 Å². The summed E-state index contributed by atoms with van der Waals surface area (Å²) in [6, 6.07) is 0. The Bertz CT molecular complexity index is 276. The standard InChI is InChI=1S/C15H30N2OS/c1-4-15(5-2,19-3)12-17-13(18)11-14(16)9-7-6-8-10-14/h4-12,16H2,1-3H3,(H,17,18). The molecule has 3 nitrogen and oxygen atoms in total. The van der Waals surface area contributed by atoms with Crippen LogP contribution in [0.15, 0.2) is 0 Å². The molecule has 0 bridgehead atoms. The highest BCUT2D eigenvalue weighted by Crippen LogP contribution is 2.30. The van der Waals surface area contributed by atoms with E-state index in [0.29, 0.717) is 6.42 Å². The van der Waals surface area contributed by atoms with Crippen LogP contribution in [0.1, 0.15) is 65.2 Å². The molecule has 0 radical (unpaired) electrons. The molecule has 1 saturated carbocycles. The van der Waals surface area contributed by atoms with Crippen molar-refractivity contribution in [1.82, 2.24) is 5.32 Å². The number of thioether (sulfide) groups is 1. The minimum absolute atomic E-state index is 0.129. The number of nitrogens with two attached hydrogens (primary N) is 1. The van der Waals surface area contributed by atoms with Crippen LogP contribution in [0, 0.1) is 0 Å². The molecule has 0 saturated heterocycles. The fourth-order valence-corrected chi connectivity index (χ4v) is 3.73. The van der Waals surface area contributed by atoms with Crippen molar-refractivity contribution < 1.29 is 4.79 Å². The average molecular weight is 286 g/mol.